The van der Waals surface area contributed by atoms with E-state index in [-0.39, 0.29) is 0 Å². The predicted octanol–water partition coefficient (Wildman–Crippen LogP) is 4.67. The Labute approximate surface area is 136 Å². The van der Waals surface area contributed by atoms with Crippen molar-refractivity contribution in [3.8, 4) is 0 Å². The fourth-order valence-electron chi connectivity index (χ4n) is 2.46. The molecule has 0 aliphatic heterocycles. The second-order valence-electron chi connectivity index (χ2n) is 4.82. The molecule has 108 valence electrons. The van der Waals surface area contributed by atoms with E-state index in [0.29, 0.717) is 0 Å². The first-order chi connectivity index (χ1) is 10.2. The molecule has 2 aromatic heterocycles. The molecule has 0 saturated heterocycles. The van der Waals surface area contributed by atoms with Crippen molar-refractivity contribution in [3.05, 3.63) is 51.3 Å². The van der Waals surface area contributed by atoms with Crippen molar-refractivity contribution in [2.45, 2.75) is 13.5 Å². The number of hydrogen-bond acceptors (Lipinski definition) is 4. The third-order valence-electron chi connectivity index (χ3n) is 3.45. The summed E-state index contributed by atoms with van der Waals surface area (Å²) in [5, 5.41) is 3.19. The predicted molar refractivity (Wildman–Crippen MR) is 94.9 cm³/mol. The van der Waals surface area contributed by atoms with Crippen LogP contribution in [0.3, 0.4) is 0 Å². The number of hydrogen-bond donors (Lipinski definition) is 1. The van der Waals surface area contributed by atoms with E-state index in [1.165, 1.54) is 4.88 Å². The van der Waals surface area contributed by atoms with Gasteiger partial charge in [-0.05, 0) is 36.6 Å². The number of aromatic nitrogens is 1. The van der Waals surface area contributed by atoms with Gasteiger partial charge in [0, 0.05) is 21.3 Å². The lowest BCUT2D eigenvalue weighted by Crippen LogP contribution is -2.23. The number of halogens is 1. The van der Waals surface area contributed by atoms with E-state index in [9.17, 15) is 0 Å². The number of nitrogens with two attached hydrogens (primary N) is 1. The number of anilines is 2. The molecule has 0 aliphatic rings. The zero-order valence-corrected chi connectivity index (χ0v) is 14.1. The molecule has 0 aliphatic carbocycles. The standard InChI is InChI=1S/C16H16BrN3S/c1-2-20(10-12-4-3-7-21-12)16-13-8-11(17)5-6-15(13)19-9-14(16)18/h3-9H,2,10,18H2,1H3. The SMILES string of the molecule is CCN(Cc1cccs1)c1c(N)cnc2ccc(Br)cc12. The summed E-state index contributed by atoms with van der Waals surface area (Å²) in [7, 11) is 0. The maximum Gasteiger partial charge on any atom is 0.0745 e. The Hall–Kier alpha value is -1.59. The van der Waals surface area contributed by atoms with Crippen LogP contribution in [0, 0.1) is 0 Å². The van der Waals surface area contributed by atoms with Crippen LogP contribution in [0.15, 0.2) is 46.4 Å². The van der Waals surface area contributed by atoms with Gasteiger partial charge in [0.25, 0.3) is 0 Å². The van der Waals surface area contributed by atoms with Gasteiger partial charge in [-0.1, -0.05) is 22.0 Å². The highest BCUT2D eigenvalue weighted by Gasteiger charge is 2.14. The van der Waals surface area contributed by atoms with Crippen LogP contribution in [-0.4, -0.2) is 11.5 Å². The van der Waals surface area contributed by atoms with E-state index >= 15 is 0 Å². The molecule has 0 amide bonds. The molecule has 3 aromatic rings. The minimum absolute atomic E-state index is 0.721. The Morgan fingerprint density at radius 2 is 2.19 bits per heavy atom. The summed E-state index contributed by atoms with van der Waals surface area (Å²) in [5.74, 6) is 0. The second kappa shape index (κ2) is 6.03. The van der Waals surface area contributed by atoms with E-state index < -0.39 is 0 Å². The van der Waals surface area contributed by atoms with Gasteiger partial charge in [0.15, 0.2) is 0 Å². The summed E-state index contributed by atoms with van der Waals surface area (Å²) >= 11 is 5.31. The Balaban J connectivity index is 2.12. The van der Waals surface area contributed by atoms with Crippen LogP contribution in [0.2, 0.25) is 0 Å². The molecule has 0 atom stereocenters. The maximum absolute atomic E-state index is 6.23. The van der Waals surface area contributed by atoms with Crippen LogP contribution in [0.25, 0.3) is 10.9 Å². The summed E-state index contributed by atoms with van der Waals surface area (Å²) in [6.07, 6.45) is 1.75. The molecular weight excluding hydrogens is 346 g/mol. The molecule has 0 spiro atoms. The van der Waals surface area contributed by atoms with Crippen LogP contribution in [-0.2, 0) is 6.54 Å². The maximum atomic E-state index is 6.23. The minimum atomic E-state index is 0.721. The summed E-state index contributed by atoms with van der Waals surface area (Å²) in [4.78, 5) is 8.06. The van der Waals surface area contributed by atoms with Gasteiger partial charge >= 0.3 is 0 Å². The number of benzene rings is 1. The average molecular weight is 362 g/mol. The zero-order chi connectivity index (χ0) is 14.8. The Morgan fingerprint density at radius 1 is 1.33 bits per heavy atom. The van der Waals surface area contributed by atoms with E-state index in [2.05, 4.69) is 56.3 Å². The van der Waals surface area contributed by atoms with Gasteiger partial charge in [0.05, 0.1) is 29.6 Å². The Kier molecular flexibility index (Phi) is 4.12. The molecule has 3 rings (SSSR count). The average Bonchev–Trinajstić information content (AvgIpc) is 2.98. The van der Waals surface area contributed by atoms with Crippen molar-refractivity contribution in [2.24, 2.45) is 0 Å². The molecule has 2 heterocycles. The van der Waals surface area contributed by atoms with Gasteiger partial charge in [-0.3, -0.25) is 4.98 Å². The molecule has 1 aromatic carbocycles. The number of pyridine rings is 1. The van der Waals surface area contributed by atoms with Crippen molar-refractivity contribution in [1.82, 2.24) is 4.98 Å². The fourth-order valence-corrected chi connectivity index (χ4v) is 3.54. The number of nitrogens with zero attached hydrogens (tertiary/aromatic N) is 2. The van der Waals surface area contributed by atoms with Gasteiger partial charge in [0.1, 0.15) is 0 Å². The summed E-state index contributed by atoms with van der Waals surface area (Å²) in [5.41, 5.74) is 8.98. The Morgan fingerprint density at radius 3 is 2.90 bits per heavy atom. The Bertz CT molecular complexity index is 750. The highest BCUT2D eigenvalue weighted by molar-refractivity contribution is 9.10. The number of rotatable bonds is 4. The third-order valence-corrected chi connectivity index (χ3v) is 4.81. The summed E-state index contributed by atoms with van der Waals surface area (Å²) in [6, 6.07) is 10.3. The molecule has 2 N–H and O–H groups in total. The van der Waals surface area contributed by atoms with Crippen LogP contribution in [0.5, 0.6) is 0 Å². The zero-order valence-electron chi connectivity index (χ0n) is 11.7. The monoisotopic (exact) mass is 361 g/mol. The largest absolute Gasteiger partial charge is 0.396 e. The van der Waals surface area contributed by atoms with Crippen molar-refractivity contribution in [1.29, 1.82) is 0 Å². The topological polar surface area (TPSA) is 42.1 Å². The van der Waals surface area contributed by atoms with Gasteiger partial charge in [-0.2, -0.15) is 0 Å². The van der Waals surface area contributed by atoms with E-state index in [1.807, 2.05) is 12.1 Å². The first kappa shape index (κ1) is 14.4. The highest BCUT2D eigenvalue weighted by atomic mass is 79.9. The first-order valence-electron chi connectivity index (χ1n) is 6.80. The highest BCUT2D eigenvalue weighted by Crippen LogP contribution is 2.34. The third kappa shape index (κ3) is 2.89. The second-order valence-corrected chi connectivity index (χ2v) is 6.77. The molecule has 0 radical (unpaired) electrons. The summed E-state index contributed by atoms with van der Waals surface area (Å²) in [6.45, 7) is 3.91. The van der Waals surface area contributed by atoms with E-state index in [4.69, 9.17) is 5.73 Å². The molecule has 0 fully saturated rings. The van der Waals surface area contributed by atoms with Crippen LogP contribution < -0.4 is 10.6 Å². The van der Waals surface area contributed by atoms with E-state index in [1.54, 1.807) is 17.5 Å². The van der Waals surface area contributed by atoms with Crippen molar-refractivity contribution in [2.75, 3.05) is 17.2 Å². The summed E-state index contributed by atoms with van der Waals surface area (Å²) < 4.78 is 1.04. The van der Waals surface area contributed by atoms with Crippen molar-refractivity contribution >= 4 is 49.5 Å². The van der Waals surface area contributed by atoms with Crippen molar-refractivity contribution in [3.63, 3.8) is 0 Å². The molecule has 0 bridgehead atoms. The lowest BCUT2D eigenvalue weighted by atomic mass is 10.1. The molecule has 0 unspecified atom stereocenters. The number of nitrogen functional groups attached to an aromatic ring is 1. The van der Waals surface area contributed by atoms with Gasteiger partial charge in [0.2, 0.25) is 0 Å². The number of thiophene rings is 1. The quantitative estimate of drug-likeness (QED) is 0.734. The van der Waals surface area contributed by atoms with Crippen LogP contribution in [0.4, 0.5) is 11.4 Å². The first-order valence-corrected chi connectivity index (χ1v) is 8.47. The lowest BCUT2D eigenvalue weighted by Gasteiger charge is -2.25. The van der Waals surface area contributed by atoms with Crippen LogP contribution in [0.1, 0.15) is 11.8 Å². The van der Waals surface area contributed by atoms with Gasteiger partial charge < -0.3 is 10.6 Å². The van der Waals surface area contributed by atoms with Crippen molar-refractivity contribution < 1.29 is 0 Å². The smallest absolute Gasteiger partial charge is 0.0745 e. The normalized spacial score (nSPS) is 11.0. The van der Waals surface area contributed by atoms with Gasteiger partial charge in [-0.25, -0.2) is 0 Å². The number of fused-ring (bicyclic) bond motifs is 1. The fraction of sp³-hybridized carbons (Fsp3) is 0.188. The lowest BCUT2D eigenvalue weighted by molar-refractivity contribution is 0.847. The molecule has 5 heteroatoms. The molecule has 0 saturated carbocycles. The molecular formula is C16H16BrN3S. The molecule has 3 nitrogen and oxygen atoms in total. The van der Waals surface area contributed by atoms with E-state index in [0.717, 1.165) is 39.8 Å². The van der Waals surface area contributed by atoms with Crippen LogP contribution >= 0.6 is 27.3 Å². The molecule has 21 heavy (non-hydrogen) atoms. The minimum Gasteiger partial charge on any atom is -0.396 e. The van der Waals surface area contributed by atoms with Gasteiger partial charge in [-0.15, -0.1) is 11.3 Å².